The smallest absolute Gasteiger partial charge is 0.407 e. The molecule has 0 spiro atoms. The van der Waals surface area contributed by atoms with Crippen LogP contribution in [-0.4, -0.2) is 44.6 Å². The Balaban J connectivity index is 2.16. The van der Waals surface area contributed by atoms with E-state index in [1.54, 1.807) is 6.92 Å². The van der Waals surface area contributed by atoms with Crippen LogP contribution >= 0.6 is 0 Å². The maximum atomic E-state index is 13.8. The van der Waals surface area contributed by atoms with Gasteiger partial charge in [-0.15, -0.1) is 0 Å². The van der Waals surface area contributed by atoms with Gasteiger partial charge in [-0.2, -0.15) is 4.31 Å². The first-order valence-corrected chi connectivity index (χ1v) is 8.67. The van der Waals surface area contributed by atoms with E-state index in [9.17, 15) is 22.0 Å². The van der Waals surface area contributed by atoms with E-state index in [4.69, 9.17) is 4.74 Å². The van der Waals surface area contributed by atoms with E-state index in [1.807, 2.05) is 0 Å². The Bertz CT molecular complexity index is 681. The van der Waals surface area contributed by atoms with Gasteiger partial charge in [-0.1, -0.05) is 0 Å². The summed E-state index contributed by atoms with van der Waals surface area (Å²) < 4.78 is 57.8. The summed E-state index contributed by atoms with van der Waals surface area (Å²) in [6.45, 7) is 2.02. The molecule has 128 valence electrons. The van der Waals surface area contributed by atoms with Crippen LogP contribution < -0.4 is 5.32 Å². The maximum absolute atomic E-state index is 13.8. The van der Waals surface area contributed by atoms with Crippen molar-refractivity contribution in [2.45, 2.75) is 30.7 Å². The number of ether oxygens (including phenoxy) is 1. The number of hydrogen-bond acceptors (Lipinski definition) is 4. The van der Waals surface area contributed by atoms with Crippen molar-refractivity contribution in [2.75, 3.05) is 19.7 Å². The van der Waals surface area contributed by atoms with E-state index in [1.165, 1.54) is 0 Å². The number of nitrogens with zero attached hydrogens (tertiary/aromatic N) is 1. The average molecular weight is 348 g/mol. The predicted molar refractivity (Wildman–Crippen MR) is 78.3 cm³/mol. The highest BCUT2D eigenvalue weighted by Gasteiger charge is 2.33. The molecule has 2 rings (SSSR count). The molecule has 1 fully saturated rings. The normalized spacial score (nSPS) is 19.3. The molecule has 1 saturated heterocycles. The van der Waals surface area contributed by atoms with Crippen LogP contribution in [0, 0.1) is 11.6 Å². The first kappa shape index (κ1) is 17.6. The quantitative estimate of drug-likeness (QED) is 0.901. The van der Waals surface area contributed by atoms with Crippen molar-refractivity contribution in [2.24, 2.45) is 0 Å². The highest BCUT2D eigenvalue weighted by atomic mass is 32.2. The molecule has 0 aliphatic carbocycles. The van der Waals surface area contributed by atoms with Gasteiger partial charge in [-0.05, 0) is 38.0 Å². The number of rotatable bonds is 4. The van der Waals surface area contributed by atoms with Crippen LogP contribution in [-0.2, 0) is 14.8 Å². The topological polar surface area (TPSA) is 75.7 Å². The molecule has 0 saturated carbocycles. The summed E-state index contributed by atoms with van der Waals surface area (Å²) >= 11 is 0. The van der Waals surface area contributed by atoms with Crippen molar-refractivity contribution in [1.82, 2.24) is 9.62 Å². The summed E-state index contributed by atoms with van der Waals surface area (Å²) in [6.07, 6.45) is 0.442. The maximum Gasteiger partial charge on any atom is 0.407 e. The van der Waals surface area contributed by atoms with Crippen molar-refractivity contribution in [3.63, 3.8) is 0 Å². The van der Waals surface area contributed by atoms with Gasteiger partial charge in [0.1, 0.15) is 16.5 Å². The fourth-order valence-corrected chi connectivity index (χ4v) is 4.03. The highest BCUT2D eigenvalue weighted by Crippen LogP contribution is 2.23. The van der Waals surface area contributed by atoms with Crippen LogP contribution in [0.4, 0.5) is 13.6 Å². The number of carbonyl (C=O) groups excluding carboxylic acids is 1. The Morgan fingerprint density at radius 2 is 2.17 bits per heavy atom. The molecule has 0 radical (unpaired) electrons. The second kappa shape index (κ2) is 7.22. The summed E-state index contributed by atoms with van der Waals surface area (Å²) in [5, 5.41) is 2.56. The van der Waals surface area contributed by atoms with Crippen LogP contribution in [0.25, 0.3) is 0 Å². The van der Waals surface area contributed by atoms with Crippen LogP contribution in [0.1, 0.15) is 19.8 Å². The number of sulfonamides is 1. The number of halogens is 2. The molecule has 0 bridgehead atoms. The fourth-order valence-electron chi connectivity index (χ4n) is 2.43. The summed E-state index contributed by atoms with van der Waals surface area (Å²) in [5.41, 5.74) is 0. The number of amides is 1. The van der Waals surface area contributed by atoms with Gasteiger partial charge in [0, 0.05) is 19.1 Å². The van der Waals surface area contributed by atoms with Gasteiger partial charge in [0.15, 0.2) is 0 Å². The predicted octanol–water partition coefficient (Wildman–Crippen LogP) is 1.86. The summed E-state index contributed by atoms with van der Waals surface area (Å²) in [6, 6.07) is 1.86. The largest absolute Gasteiger partial charge is 0.450 e. The molecule has 1 aromatic carbocycles. The number of alkyl carbamates (subject to hydrolysis) is 1. The van der Waals surface area contributed by atoms with E-state index in [0.29, 0.717) is 18.9 Å². The van der Waals surface area contributed by atoms with Gasteiger partial charge in [-0.3, -0.25) is 0 Å². The molecule has 0 unspecified atom stereocenters. The average Bonchev–Trinajstić information content (AvgIpc) is 2.50. The van der Waals surface area contributed by atoms with Gasteiger partial charge in [0.2, 0.25) is 10.0 Å². The van der Waals surface area contributed by atoms with Gasteiger partial charge >= 0.3 is 6.09 Å². The Hall–Kier alpha value is -1.74. The minimum atomic E-state index is -4.17. The number of carbonyl (C=O) groups is 1. The Morgan fingerprint density at radius 3 is 2.87 bits per heavy atom. The molecule has 1 heterocycles. The van der Waals surface area contributed by atoms with Crippen LogP contribution in [0.5, 0.6) is 0 Å². The molecule has 1 atom stereocenters. The van der Waals surface area contributed by atoms with Crippen LogP contribution in [0.3, 0.4) is 0 Å². The third-order valence-corrected chi connectivity index (χ3v) is 5.37. The first-order chi connectivity index (χ1) is 10.8. The molecule has 23 heavy (non-hydrogen) atoms. The van der Waals surface area contributed by atoms with Gasteiger partial charge < -0.3 is 10.1 Å². The zero-order chi connectivity index (χ0) is 17.0. The standard InChI is InChI=1S/C14H18F2N2O4S/c1-2-22-14(19)17-11-4-3-7-18(9-11)23(20,21)13-8-10(15)5-6-12(13)16/h5-6,8,11H,2-4,7,9H2,1H3,(H,17,19)/t11-/m0/s1. The van der Waals surface area contributed by atoms with Crippen molar-refractivity contribution >= 4 is 16.1 Å². The summed E-state index contributed by atoms with van der Waals surface area (Å²) in [7, 11) is -4.17. The second-order valence-corrected chi connectivity index (χ2v) is 7.05. The molecule has 1 aromatic rings. The molecule has 1 N–H and O–H groups in total. The number of nitrogens with one attached hydrogen (secondary N) is 1. The van der Waals surface area contributed by atoms with Crippen molar-refractivity contribution in [3.05, 3.63) is 29.8 Å². The highest BCUT2D eigenvalue weighted by molar-refractivity contribution is 7.89. The second-order valence-electron chi connectivity index (χ2n) is 5.14. The third-order valence-electron chi connectivity index (χ3n) is 3.49. The minimum Gasteiger partial charge on any atom is -0.450 e. The number of piperidine rings is 1. The van der Waals surface area contributed by atoms with Crippen LogP contribution in [0.2, 0.25) is 0 Å². The summed E-state index contributed by atoms with van der Waals surface area (Å²) in [5.74, 6) is -1.84. The molecular formula is C14H18F2N2O4S. The van der Waals surface area contributed by atoms with E-state index < -0.39 is 38.7 Å². The van der Waals surface area contributed by atoms with E-state index in [2.05, 4.69) is 5.32 Å². The Morgan fingerprint density at radius 1 is 1.43 bits per heavy atom. The van der Waals surface area contributed by atoms with Crippen molar-refractivity contribution in [3.8, 4) is 0 Å². The molecule has 1 amide bonds. The van der Waals surface area contributed by atoms with Gasteiger partial charge in [-0.25, -0.2) is 22.0 Å². The van der Waals surface area contributed by atoms with E-state index in [-0.39, 0.29) is 19.7 Å². The molecule has 6 nitrogen and oxygen atoms in total. The van der Waals surface area contributed by atoms with Gasteiger partial charge in [0.05, 0.1) is 6.61 Å². The zero-order valence-electron chi connectivity index (χ0n) is 12.6. The SMILES string of the molecule is CCOC(=O)N[C@H]1CCCN(S(=O)(=O)c2cc(F)ccc2F)C1. The Kier molecular flexibility index (Phi) is 5.53. The van der Waals surface area contributed by atoms with E-state index in [0.717, 1.165) is 16.4 Å². The van der Waals surface area contributed by atoms with Gasteiger partial charge in [0.25, 0.3) is 0 Å². The summed E-state index contributed by atoms with van der Waals surface area (Å²) in [4.78, 5) is 10.7. The third kappa shape index (κ3) is 4.17. The lowest BCUT2D eigenvalue weighted by atomic mass is 10.1. The number of hydrogen-bond donors (Lipinski definition) is 1. The monoisotopic (exact) mass is 348 g/mol. The molecular weight excluding hydrogens is 330 g/mol. The fraction of sp³-hybridized carbons (Fsp3) is 0.500. The lowest BCUT2D eigenvalue weighted by molar-refractivity contribution is 0.142. The van der Waals surface area contributed by atoms with E-state index >= 15 is 0 Å². The van der Waals surface area contributed by atoms with Crippen molar-refractivity contribution < 1.29 is 26.7 Å². The zero-order valence-corrected chi connectivity index (χ0v) is 13.4. The molecule has 0 aromatic heterocycles. The van der Waals surface area contributed by atoms with Crippen LogP contribution in [0.15, 0.2) is 23.1 Å². The number of benzene rings is 1. The lowest BCUT2D eigenvalue weighted by Crippen LogP contribution is -2.49. The first-order valence-electron chi connectivity index (χ1n) is 7.23. The van der Waals surface area contributed by atoms with Crippen molar-refractivity contribution in [1.29, 1.82) is 0 Å². The minimum absolute atomic E-state index is 0.0168. The Labute approximate surface area is 133 Å². The lowest BCUT2D eigenvalue weighted by Gasteiger charge is -2.32. The molecule has 1 aliphatic heterocycles. The molecule has 1 aliphatic rings. The molecule has 9 heteroatoms.